The topological polar surface area (TPSA) is 38.8 Å². The number of benzene rings is 1. The molecule has 0 N–H and O–H groups in total. The van der Waals surface area contributed by atoms with Gasteiger partial charge in [-0.3, -0.25) is 0 Å². The number of carbonyl (C=O) groups is 1. The van der Waals surface area contributed by atoms with E-state index in [2.05, 4.69) is 13.8 Å². The summed E-state index contributed by atoms with van der Waals surface area (Å²) in [6.07, 6.45) is 0. The summed E-state index contributed by atoms with van der Waals surface area (Å²) in [5.74, 6) is 0.145. The SMILES string of the molecule is CC1(C)CO1.Cc1cccc(C(=O)OCC(C)C)c1. The summed E-state index contributed by atoms with van der Waals surface area (Å²) in [5, 5.41) is 0. The predicted octanol–water partition coefficient (Wildman–Crippen LogP) is 3.60. The van der Waals surface area contributed by atoms with Gasteiger partial charge in [-0.15, -0.1) is 0 Å². The molecule has 2 rings (SSSR count). The van der Waals surface area contributed by atoms with Crippen LogP contribution in [0.15, 0.2) is 24.3 Å². The third-order valence-corrected chi connectivity index (χ3v) is 2.52. The van der Waals surface area contributed by atoms with Gasteiger partial charge in [0.25, 0.3) is 0 Å². The van der Waals surface area contributed by atoms with E-state index in [1.807, 2.05) is 39.0 Å². The molecule has 106 valence electrons. The molecule has 1 saturated heterocycles. The summed E-state index contributed by atoms with van der Waals surface area (Å²) in [6.45, 7) is 11.6. The van der Waals surface area contributed by atoms with Crippen molar-refractivity contribution in [1.82, 2.24) is 0 Å². The average Bonchev–Trinajstić information content (AvgIpc) is 3.02. The van der Waals surface area contributed by atoms with Gasteiger partial charge in [0.05, 0.1) is 24.4 Å². The fourth-order valence-corrected chi connectivity index (χ4v) is 1.24. The smallest absolute Gasteiger partial charge is 0.338 e. The van der Waals surface area contributed by atoms with E-state index in [0.29, 0.717) is 18.1 Å². The minimum atomic E-state index is -0.234. The number of ether oxygens (including phenoxy) is 2. The lowest BCUT2D eigenvalue weighted by Gasteiger charge is -2.07. The molecule has 1 aromatic carbocycles. The first-order valence-corrected chi connectivity index (χ1v) is 6.68. The molecule has 1 aliphatic heterocycles. The molecule has 0 aromatic heterocycles. The third kappa shape index (κ3) is 6.97. The van der Waals surface area contributed by atoms with E-state index < -0.39 is 0 Å². The fraction of sp³-hybridized carbons (Fsp3) is 0.562. The van der Waals surface area contributed by atoms with Gasteiger partial charge in [-0.05, 0) is 38.8 Å². The van der Waals surface area contributed by atoms with E-state index in [1.165, 1.54) is 0 Å². The first-order valence-electron chi connectivity index (χ1n) is 6.68. The average molecular weight is 264 g/mol. The Balaban J connectivity index is 0.000000300. The second kappa shape index (κ2) is 6.71. The number of hydrogen-bond donors (Lipinski definition) is 0. The van der Waals surface area contributed by atoms with Gasteiger partial charge in [-0.2, -0.15) is 0 Å². The van der Waals surface area contributed by atoms with Crippen molar-refractivity contribution in [2.45, 2.75) is 40.2 Å². The number of esters is 1. The molecule has 3 nitrogen and oxygen atoms in total. The van der Waals surface area contributed by atoms with E-state index in [1.54, 1.807) is 6.07 Å². The van der Waals surface area contributed by atoms with Crippen LogP contribution in [0.2, 0.25) is 0 Å². The van der Waals surface area contributed by atoms with E-state index in [9.17, 15) is 4.79 Å². The summed E-state index contributed by atoms with van der Waals surface area (Å²) in [7, 11) is 0. The second-order valence-corrected chi connectivity index (χ2v) is 5.91. The van der Waals surface area contributed by atoms with Crippen LogP contribution in [-0.2, 0) is 9.47 Å². The zero-order chi connectivity index (χ0) is 14.5. The maximum absolute atomic E-state index is 11.5. The van der Waals surface area contributed by atoms with Crippen LogP contribution < -0.4 is 0 Å². The Bertz CT molecular complexity index is 416. The number of hydrogen-bond acceptors (Lipinski definition) is 3. The lowest BCUT2D eigenvalue weighted by Crippen LogP contribution is -2.10. The van der Waals surface area contributed by atoms with Crippen molar-refractivity contribution in [3.8, 4) is 0 Å². The number of carbonyl (C=O) groups excluding carboxylic acids is 1. The van der Waals surface area contributed by atoms with Crippen molar-refractivity contribution in [2.24, 2.45) is 5.92 Å². The summed E-state index contributed by atoms with van der Waals surface area (Å²) < 4.78 is 10.0. The fourth-order valence-electron chi connectivity index (χ4n) is 1.24. The molecular weight excluding hydrogens is 240 g/mol. The molecule has 0 bridgehead atoms. The van der Waals surface area contributed by atoms with Crippen molar-refractivity contribution in [1.29, 1.82) is 0 Å². The normalized spacial score (nSPS) is 15.5. The van der Waals surface area contributed by atoms with Gasteiger partial charge in [0.15, 0.2) is 0 Å². The molecule has 19 heavy (non-hydrogen) atoms. The molecule has 0 aliphatic carbocycles. The monoisotopic (exact) mass is 264 g/mol. The number of epoxide rings is 1. The molecule has 0 amide bonds. The molecule has 0 saturated carbocycles. The van der Waals surface area contributed by atoms with Gasteiger partial charge >= 0.3 is 5.97 Å². The van der Waals surface area contributed by atoms with Crippen molar-refractivity contribution < 1.29 is 14.3 Å². The largest absolute Gasteiger partial charge is 0.462 e. The second-order valence-electron chi connectivity index (χ2n) is 5.91. The molecule has 1 heterocycles. The maximum atomic E-state index is 11.5. The van der Waals surface area contributed by atoms with Gasteiger partial charge < -0.3 is 9.47 Å². The molecule has 0 spiro atoms. The van der Waals surface area contributed by atoms with E-state index >= 15 is 0 Å². The number of aryl methyl sites for hydroxylation is 1. The zero-order valence-corrected chi connectivity index (χ0v) is 12.5. The van der Waals surface area contributed by atoms with Gasteiger partial charge in [0.2, 0.25) is 0 Å². The van der Waals surface area contributed by atoms with Crippen LogP contribution in [0.25, 0.3) is 0 Å². The quantitative estimate of drug-likeness (QED) is 0.618. The Morgan fingerprint density at radius 2 is 2.00 bits per heavy atom. The van der Waals surface area contributed by atoms with Crippen molar-refractivity contribution in [3.63, 3.8) is 0 Å². The highest BCUT2D eigenvalue weighted by Gasteiger charge is 2.32. The van der Waals surface area contributed by atoms with Gasteiger partial charge in [-0.1, -0.05) is 31.5 Å². The van der Waals surface area contributed by atoms with E-state index in [-0.39, 0.29) is 11.6 Å². The maximum Gasteiger partial charge on any atom is 0.338 e. The zero-order valence-electron chi connectivity index (χ0n) is 12.5. The van der Waals surface area contributed by atoms with Gasteiger partial charge in [-0.25, -0.2) is 4.79 Å². The van der Waals surface area contributed by atoms with Gasteiger partial charge in [0, 0.05) is 0 Å². The highest BCUT2D eigenvalue weighted by Crippen LogP contribution is 2.23. The lowest BCUT2D eigenvalue weighted by atomic mass is 10.1. The first kappa shape index (κ1) is 15.7. The number of rotatable bonds is 3. The summed E-state index contributed by atoms with van der Waals surface area (Å²) in [6, 6.07) is 7.43. The van der Waals surface area contributed by atoms with Crippen LogP contribution in [-0.4, -0.2) is 24.8 Å². The minimum Gasteiger partial charge on any atom is -0.462 e. The highest BCUT2D eigenvalue weighted by atomic mass is 16.6. The summed E-state index contributed by atoms with van der Waals surface area (Å²) >= 11 is 0. The van der Waals surface area contributed by atoms with Crippen LogP contribution in [0.3, 0.4) is 0 Å². The minimum absolute atomic E-state index is 0.234. The van der Waals surface area contributed by atoms with E-state index in [4.69, 9.17) is 9.47 Å². The molecule has 1 aromatic rings. The Kier molecular flexibility index (Phi) is 5.55. The van der Waals surface area contributed by atoms with Crippen molar-refractivity contribution >= 4 is 5.97 Å². The first-order chi connectivity index (χ1) is 8.80. The molecular formula is C16H24O3. The van der Waals surface area contributed by atoms with E-state index in [0.717, 1.165) is 12.2 Å². The van der Waals surface area contributed by atoms with Crippen LogP contribution in [0.1, 0.15) is 43.6 Å². The standard InChI is InChI=1S/C12H16O2.C4H8O/c1-9(2)8-14-12(13)11-6-4-5-10(3)7-11;1-4(2)3-5-4/h4-7,9H,8H2,1-3H3;3H2,1-2H3. The highest BCUT2D eigenvalue weighted by molar-refractivity contribution is 5.89. The predicted molar refractivity (Wildman–Crippen MR) is 76.3 cm³/mol. The van der Waals surface area contributed by atoms with Gasteiger partial charge in [0.1, 0.15) is 0 Å². The lowest BCUT2D eigenvalue weighted by molar-refractivity contribution is 0.0459. The third-order valence-electron chi connectivity index (χ3n) is 2.52. The Morgan fingerprint density at radius 3 is 2.42 bits per heavy atom. The Labute approximate surface area is 115 Å². The van der Waals surface area contributed by atoms with Crippen LogP contribution in [0.5, 0.6) is 0 Å². The summed E-state index contributed by atoms with van der Waals surface area (Å²) in [5.41, 5.74) is 1.95. The summed E-state index contributed by atoms with van der Waals surface area (Å²) in [4.78, 5) is 11.5. The van der Waals surface area contributed by atoms with Crippen LogP contribution in [0, 0.1) is 12.8 Å². The molecule has 1 fully saturated rings. The van der Waals surface area contributed by atoms with Crippen molar-refractivity contribution in [2.75, 3.05) is 13.2 Å². The molecule has 3 heteroatoms. The molecule has 0 unspecified atom stereocenters. The van der Waals surface area contributed by atoms with Crippen molar-refractivity contribution in [3.05, 3.63) is 35.4 Å². The molecule has 0 atom stereocenters. The Morgan fingerprint density at radius 1 is 1.42 bits per heavy atom. The molecule has 0 radical (unpaired) electrons. The van der Waals surface area contributed by atoms with Crippen LogP contribution in [0.4, 0.5) is 0 Å². The van der Waals surface area contributed by atoms with Crippen LogP contribution >= 0.6 is 0 Å². The Hall–Kier alpha value is -1.35. The molecule has 1 aliphatic rings.